The van der Waals surface area contributed by atoms with Gasteiger partial charge < -0.3 is 0 Å². The van der Waals surface area contributed by atoms with Crippen molar-refractivity contribution in [2.75, 3.05) is 5.43 Å². The number of para-hydroxylation sites is 1. The molecule has 2 rings (SSSR count). The first-order valence-electron chi connectivity index (χ1n) is 5.69. The lowest BCUT2D eigenvalue weighted by molar-refractivity contribution is -0.670. The average Bonchev–Trinajstić information content (AvgIpc) is 2.42. The van der Waals surface area contributed by atoms with Crippen molar-refractivity contribution in [1.29, 1.82) is 0 Å². The van der Waals surface area contributed by atoms with E-state index < -0.39 is 0 Å². The molecule has 4 heteroatoms. The van der Waals surface area contributed by atoms with Crippen LogP contribution in [-0.4, -0.2) is 6.21 Å². The van der Waals surface area contributed by atoms with E-state index in [1.807, 2.05) is 48.9 Å². The minimum atomic E-state index is 0.955. The lowest BCUT2D eigenvalue weighted by atomic mass is 10.2. The standard InChI is InChI=1S/C14H14IN3/c1-12-4-2-3-5-14(12)17-16-10-13-6-8-18(11-15)9-7-13/h2-10H,11H2,1H3/p+1. The molecule has 3 nitrogen and oxygen atoms in total. The smallest absolute Gasteiger partial charge is 0.197 e. The van der Waals surface area contributed by atoms with Crippen LogP contribution in [0.1, 0.15) is 11.1 Å². The van der Waals surface area contributed by atoms with Gasteiger partial charge in [0.2, 0.25) is 0 Å². The van der Waals surface area contributed by atoms with Crippen LogP contribution in [0.3, 0.4) is 0 Å². The Labute approximate surface area is 121 Å². The van der Waals surface area contributed by atoms with Gasteiger partial charge in [0.15, 0.2) is 16.9 Å². The van der Waals surface area contributed by atoms with Gasteiger partial charge in [-0.15, -0.1) is 0 Å². The molecule has 0 aliphatic rings. The van der Waals surface area contributed by atoms with Crippen LogP contribution in [0.15, 0.2) is 53.9 Å². The molecule has 0 amide bonds. The van der Waals surface area contributed by atoms with Crippen molar-refractivity contribution in [2.45, 2.75) is 11.5 Å². The van der Waals surface area contributed by atoms with E-state index >= 15 is 0 Å². The number of hydrazone groups is 1. The maximum absolute atomic E-state index is 4.24. The zero-order valence-corrected chi connectivity index (χ0v) is 12.3. The summed E-state index contributed by atoms with van der Waals surface area (Å²) in [5, 5.41) is 4.24. The summed E-state index contributed by atoms with van der Waals surface area (Å²) < 4.78 is 3.06. The van der Waals surface area contributed by atoms with Gasteiger partial charge in [0, 0.05) is 17.7 Å². The molecule has 1 heterocycles. The van der Waals surface area contributed by atoms with Crippen LogP contribution in [-0.2, 0) is 4.55 Å². The third-order valence-electron chi connectivity index (χ3n) is 2.60. The number of halogens is 1. The van der Waals surface area contributed by atoms with Gasteiger partial charge in [-0.1, -0.05) is 18.2 Å². The zero-order valence-electron chi connectivity index (χ0n) is 10.2. The maximum Gasteiger partial charge on any atom is 0.197 e. The lowest BCUT2D eigenvalue weighted by Gasteiger charge is -2.02. The number of aryl methyl sites for hydroxylation is 1. The number of rotatable bonds is 4. The van der Waals surface area contributed by atoms with Gasteiger partial charge >= 0.3 is 0 Å². The largest absolute Gasteiger partial charge is 0.278 e. The summed E-state index contributed by atoms with van der Waals surface area (Å²) in [6, 6.07) is 12.2. The van der Waals surface area contributed by atoms with Crippen molar-refractivity contribution in [3.63, 3.8) is 0 Å². The molecule has 0 atom stereocenters. The molecule has 0 spiro atoms. The molecular formula is C14H15IN3+. The second-order valence-electron chi connectivity index (χ2n) is 3.95. The number of benzene rings is 1. The van der Waals surface area contributed by atoms with Gasteiger partial charge in [-0.2, -0.15) is 9.67 Å². The third kappa shape index (κ3) is 3.53. The molecule has 18 heavy (non-hydrogen) atoms. The van der Waals surface area contributed by atoms with Crippen molar-refractivity contribution in [2.24, 2.45) is 5.10 Å². The molecule has 0 bridgehead atoms. The Morgan fingerprint density at radius 1 is 1.22 bits per heavy atom. The van der Waals surface area contributed by atoms with E-state index in [-0.39, 0.29) is 0 Å². The van der Waals surface area contributed by atoms with Crippen LogP contribution in [0, 0.1) is 6.92 Å². The molecular weight excluding hydrogens is 337 g/mol. The number of alkyl halides is 1. The first kappa shape index (κ1) is 13.0. The van der Waals surface area contributed by atoms with E-state index in [1.165, 1.54) is 5.56 Å². The molecule has 0 saturated carbocycles. The summed E-state index contributed by atoms with van der Waals surface area (Å²) in [5.41, 5.74) is 6.35. The van der Waals surface area contributed by atoms with Crippen molar-refractivity contribution in [3.05, 3.63) is 59.9 Å². The summed E-state index contributed by atoms with van der Waals surface area (Å²) in [4.78, 5) is 0. The molecule has 0 fully saturated rings. The topological polar surface area (TPSA) is 28.3 Å². The molecule has 2 aromatic rings. The first-order chi connectivity index (χ1) is 8.79. The fourth-order valence-electron chi connectivity index (χ4n) is 1.51. The van der Waals surface area contributed by atoms with Crippen LogP contribution < -0.4 is 9.99 Å². The monoisotopic (exact) mass is 352 g/mol. The van der Waals surface area contributed by atoms with Crippen LogP contribution in [0.2, 0.25) is 0 Å². The highest BCUT2D eigenvalue weighted by molar-refractivity contribution is 14.1. The van der Waals surface area contributed by atoms with Gasteiger partial charge in [0.05, 0.1) is 11.9 Å². The van der Waals surface area contributed by atoms with Gasteiger partial charge in [-0.3, -0.25) is 5.43 Å². The van der Waals surface area contributed by atoms with Crippen molar-refractivity contribution < 1.29 is 4.57 Å². The minimum Gasteiger partial charge on any atom is -0.278 e. The quantitative estimate of drug-likeness (QED) is 0.296. The van der Waals surface area contributed by atoms with Gasteiger partial charge in [-0.25, -0.2) is 0 Å². The van der Waals surface area contributed by atoms with E-state index in [0.717, 1.165) is 15.8 Å². The minimum absolute atomic E-state index is 0.955. The molecule has 0 saturated heterocycles. The Kier molecular flexibility index (Phi) is 4.69. The number of pyridine rings is 1. The summed E-state index contributed by atoms with van der Waals surface area (Å²) in [5.74, 6) is 0. The highest BCUT2D eigenvalue weighted by atomic mass is 127. The molecule has 0 aliphatic carbocycles. The highest BCUT2D eigenvalue weighted by Crippen LogP contribution is 2.12. The van der Waals surface area contributed by atoms with Crippen LogP contribution in [0.25, 0.3) is 0 Å². The van der Waals surface area contributed by atoms with E-state index in [4.69, 9.17) is 0 Å². The molecule has 92 valence electrons. The van der Waals surface area contributed by atoms with Crippen molar-refractivity contribution in [3.8, 4) is 0 Å². The summed E-state index contributed by atoms with van der Waals surface area (Å²) in [6.45, 7) is 2.06. The predicted molar refractivity (Wildman–Crippen MR) is 83.1 cm³/mol. The van der Waals surface area contributed by atoms with Gasteiger partial charge in [0.25, 0.3) is 0 Å². The summed E-state index contributed by atoms with van der Waals surface area (Å²) in [7, 11) is 0. The van der Waals surface area contributed by atoms with Crippen LogP contribution in [0.5, 0.6) is 0 Å². The van der Waals surface area contributed by atoms with Crippen LogP contribution >= 0.6 is 22.6 Å². The number of anilines is 1. The van der Waals surface area contributed by atoms with Gasteiger partial charge in [-0.05, 0) is 41.1 Å². The Bertz CT molecular complexity index is 535. The van der Waals surface area contributed by atoms with E-state index in [0.29, 0.717) is 0 Å². The zero-order chi connectivity index (χ0) is 12.8. The number of nitrogens with one attached hydrogen (secondary N) is 1. The average molecular weight is 352 g/mol. The van der Waals surface area contributed by atoms with E-state index in [2.05, 4.69) is 50.7 Å². The normalized spacial score (nSPS) is 10.8. The Morgan fingerprint density at radius 3 is 2.61 bits per heavy atom. The number of nitrogens with zero attached hydrogens (tertiary/aromatic N) is 2. The summed E-state index contributed by atoms with van der Waals surface area (Å²) in [6.07, 6.45) is 5.91. The SMILES string of the molecule is Cc1ccccc1NN=Cc1cc[n+](CI)cc1. The third-order valence-corrected chi connectivity index (χ3v) is 3.39. The van der Waals surface area contributed by atoms with E-state index in [9.17, 15) is 0 Å². The molecule has 0 aliphatic heterocycles. The van der Waals surface area contributed by atoms with Crippen LogP contribution in [0.4, 0.5) is 5.69 Å². The second kappa shape index (κ2) is 6.49. The predicted octanol–water partition coefficient (Wildman–Crippen LogP) is 3.12. The van der Waals surface area contributed by atoms with E-state index in [1.54, 1.807) is 0 Å². The maximum atomic E-state index is 4.24. The highest BCUT2D eigenvalue weighted by Gasteiger charge is 1.96. The summed E-state index contributed by atoms with van der Waals surface area (Å²) >= 11 is 2.32. The second-order valence-corrected chi connectivity index (χ2v) is 4.63. The fraction of sp³-hybridized carbons (Fsp3) is 0.143. The van der Waals surface area contributed by atoms with Crippen molar-refractivity contribution >= 4 is 34.5 Å². The Hall–Kier alpha value is -1.43. The van der Waals surface area contributed by atoms with Gasteiger partial charge in [0.1, 0.15) is 0 Å². The fourth-order valence-corrected chi connectivity index (χ4v) is 1.96. The van der Waals surface area contributed by atoms with Crippen molar-refractivity contribution in [1.82, 2.24) is 0 Å². The molecule has 0 unspecified atom stereocenters. The first-order valence-corrected chi connectivity index (χ1v) is 7.22. The number of hydrogen-bond donors (Lipinski definition) is 1. The molecule has 1 aromatic carbocycles. The number of aromatic nitrogens is 1. The number of hydrogen-bond acceptors (Lipinski definition) is 2. The lowest BCUT2D eigenvalue weighted by Crippen LogP contribution is -2.29. The molecule has 1 N–H and O–H groups in total. The Morgan fingerprint density at radius 2 is 1.94 bits per heavy atom. The molecule has 1 aromatic heterocycles. The molecule has 0 radical (unpaired) electrons. The Balaban J connectivity index is 2.01.